The molecule has 0 saturated carbocycles. The second-order valence-corrected chi connectivity index (χ2v) is 5.84. The molecule has 0 aliphatic rings. The van der Waals surface area contributed by atoms with E-state index in [1.165, 1.54) is 0 Å². The number of esters is 1. The van der Waals surface area contributed by atoms with E-state index in [4.69, 9.17) is 4.74 Å². The number of para-hydroxylation sites is 1. The van der Waals surface area contributed by atoms with Crippen LogP contribution < -0.4 is 10.6 Å². The van der Waals surface area contributed by atoms with Crippen LogP contribution in [0.15, 0.2) is 42.5 Å². The third kappa shape index (κ3) is 5.17. The molecule has 0 unspecified atom stereocenters. The fraction of sp³-hybridized carbons (Fsp3) is 0.250. The lowest BCUT2D eigenvalue weighted by atomic mass is 10.1. The summed E-state index contributed by atoms with van der Waals surface area (Å²) in [4.78, 5) is 36.1. The number of ether oxygens (including phenoxy) is 1. The molecule has 0 aliphatic carbocycles. The van der Waals surface area contributed by atoms with Crippen molar-refractivity contribution in [2.45, 2.75) is 27.2 Å². The van der Waals surface area contributed by atoms with Gasteiger partial charge in [-0.25, -0.2) is 4.79 Å². The quantitative estimate of drug-likeness (QED) is 0.615. The van der Waals surface area contributed by atoms with Gasteiger partial charge in [0, 0.05) is 5.69 Å². The number of aryl methyl sites for hydroxylation is 2. The Labute approximate surface area is 152 Å². The van der Waals surface area contributed by atoms with Crippen molar-refractivity contribution >= 4 is 29.2 Å². The number of hydrogen-bond acceptors (Lipinski definition) is 4. The van der Waals surface area contributed by atoms with Crippen molar-refractivity contribution in [2.24, 2.45) is 0 Å². The van der Waals surface area contributed by atoms with Gasteiger partial charge in [0.2, 0.25) is 11.8 Å². The molecule has 26 heavy (non-hydrogen) atoms. The maximum absolute atomic E-state index is 12.1. The van der Waals surface area contributed by atoms with E-state index in [1.54, 1.807) is 37.3 Å². The standard InChI is InChI=1S/C20H22N2O4/c1-4-26-20(25)16-7-5-6-8-17(16)22-19(24)12-18(23)21-15-10-9-13(2)14(3)11-15/h5-11H,4,12H2,1-3H3,(H,21,23)(H,22,24). The molecule has 6 nitrogen and oxygen atoms in total. The van der Waals surface area contributed by atoms with Crippen molar-refractivity contribution in [2.75, 3.05) is 17.2 Å². The summed E-state index contributed by atoms with van der Waals surface area (Å²) in [6, 6.07) is 12.0. The van der Waals surface area contributed by atoms with E-state index in [9.17, 15) is 14.4 Å². The van der Waals surface area contributed by atoms with E-state index in [2.05, 4.69) is 10.6 Å². The van der Waals surface area contributed by atoms with Crippen LogP contribution in [0.3, 0.4) is 0 Å². The minimum Gasteiger partial charge on any atom is -0.462 e. The molecule has 0 heterocycles. The van der Waals surface area contributed by atoms with Gasteiger partial charge >= 0.3 is 5.97 Å². The first kappa shape index (κ1) is 19.2. The largest absolute Gasteiger partial charge is 0.462 e. The minimum atomic E-state index is -0.525. The van der Waals surface area contributed by atoms with Gasteiger partial charge in [0.05, 0.1) is 17.9 Å². The molecule has 0 atom stereocenters. The highest BCUT2D eigenvalue weighted by Gasteiger charge is 2.16. The van der Waals surface area contributed by atoms with Crippen molar-refractivity contribution in [1.82, 2.24) is 0 Å². The predicted octanol–water partition coefficient (Wildman–Crippen LogP) is 3.45. The average molecular weight is 354 g/mol. The van der Waals surface area contributed by atoms with Crippen molar-refractivity contribution in [3.8, 4) is 0 Å². The number of carbonyl (C=O) groups is 3. The second kappa shape index (κ2) is 8.80. The maximum Gasteiger partial charge on any atom is 0.340 e. The van der Waals surface area contributed by atoms with E-state index < -0.39 is 17.8 Å². The number of benzene rings is 2. The molecular weight excluding hydrogens is 332 g/mol. The SMILES string of the molecule is CCOC(=O)c1ccccc1NC(=O)CC(=O)Nc1ccc(C)c(C)c1. The summed E-state index contributed by atoms with van der Waals surface area (Å²) in [5.41, 5.74) is 3.37. The van der Waals surface area contributed by atoms with Gasteiger partial charge in [-0.3, -0.25) is 9.59 Å². The fourth-order valence-electron chi connectivity index (χ4n) is 2.34. The highest BCUT2D eigenvalue weighted by molar-refractivity contribution is 6.10. The number of amides is 2. The Bertz CT molecular complexity index is 830. The van der Waals surface area contributed by atoms with Crippen molar-refractivity contribution in [3.63, 3.8) is 0 Å². The van der Waals surface area contributed by atoms with Gasteiger partial charge in [-0.05, 0) is 56.2 Å². The Kier molecular flexibility index (Phi) is 6.49. The summed E-state index contributed by atoms with van der Waals surface area (Å²) in [5.74, 6) is -1.47. The predicted molar refractivity (Wildman–Crippen MR) is 100 cm³/mol. The van der Waals surface area contributed by atoms with Crippen molar-refractivity contribution in [3.05, 3.63) is 59.2 Å². The van der Waals surface area contributed by atoms with Gasteiger partial charge in [0.1, 0.15) is 6.42 Å². The van der Waals surface area contributed by atoms with Gasteiger partial charge in [0.15, 0.2) is 0 Å². The summed E-state index contributed by atoms with van der Waals surface area (Å²) in [7, 11) is 0. The Morgan fingerprint density at radius 2 is 1.62 bits per heavy atom. The molecule has 136 valence electrons. The highest BCUT2D eigenvalue weighted by Crippen LogP contribution is 2.17. The molecule has 0 bridgehead atoms. The molecule has 2 N–H and O–H groups in total. The lowest BCUT2D eigenvalue weighted by Crippen LogP contribution is -2.22. The summed E-state index contributed by atoms with van der Waals surface area (Å²) >= 11 is 0. The van der Waals surface area contributed by atoms with Crippen molar-refractivity contribution < 1.29 is 19.1 Å². The summed E-state index contributed by atoms with van der Waals surface area (Å²) in [5, 5.41) is 5.28. The van der Waals surface area contributed by atoms with Crippen molar-refractivity contribution in [1.29, 1.82) is 0 Å². The molecule has 2 amide bonds. The zero-order valence-corrected chi connectivity index (χ0v) is 15.1. The number of rotatable bonds is 6. The van der Waals surface area contributed by atoms with Gasteiger partial charge in [-0.2, -0.15) is 0 Å². The highest BCUT2D eigenvalue weighted by atomic mass is 16.5. The van der Waals surface area contributed by atoms with E-state index >= 15 is 0 Å². The van der Waals surface area contributed by atoms with E-state index in [-0.39, 0.29) is 18.6 Å². The van der Waals surface area contributed by atoms with Gasteiger partial charge in [-0.1, -0.05) is 18.2 Å². The van der Waals surface area contributed by atoms with Gasteiger partial charge in [-0.15, -0.1) is 0 Å². The first-order valence-corrected chi connectivity index (χ1v) is 8.33. The normalized spacial score (nSPS) is 10.1. The lowest BCUT2D eigenvalue weighted by molar-refractivity contribution is -0.123. The Morgan fingerprint density at radius 3 is 2.31 bits per heavy atom. The van der Waals surface area contributed by atoms with E-state index in [0.29, 0.717) is 11.4 Å². The molecule has 0 aromatic heterocycles. The van der Waals surface area contributed by atoms with Crippen LogP contribution in [0.25, 0.3) is 0 Å². The third-order valence-corrected chi connectivity index (χ3v) is 3.81. The van der Waals surface area contributed by atoms with Crippen LogP contribution in [0.5, 0.6) is 0 Å². The molecule has 0 radical (unpaired) electrons. The monoisotopic (exact) mass is 354 g/mol. The van der Waals surface area contributed by atoms with Crippen LogP contribution in [-0.4, -0.2) is 24.4 Å². The molecule has 0 saturated heterocycles. The first-order chi connectivity index (χ1) is 12.4. The first-order valence-electron chi connectivity index (χ1n) is 8.33. The molecule has 2 aromatic rings. The molecule has 0 aliphatic heterocycles. The number of anilines is 2. The van der Waals surface area contributed by atoms with E-state index in [1.807, 2.05) is 26.0 Å². The Morgan fingerprint density at radius 1 is 0.923 bits per heavy atom. The molecule has 0 fully saturated rings. The minimum absolute atomic E-state index is 0.236. The Balaban J connectivity index is 1.99. The van der Waals surface area contributed by atoms with Crippen LogP contribution in [0.4, 0.5) is 11.4 Å². The second-order valence-electron chi connectivity index (χ2n) is 5.84. The molecule has 2 aromatic carbocycles. The average Bonchev–Trinajstić information content (AvgIpc) is 2.58. The third-order valence-electron chi connectivity index (χ3n) is 3.81. The van der Waals surface area contributed by atoms with Crippen LogP contribution in [0.1, 0.15) is 34.8 Å². The zero-order valence-electron chi connectivity index (χ0n) is 15.1. The maximum atomic E-state index is 12.1. The number of carbonyl (C=O) groups excluding carboxylic acids is 3. The Hall–Kier alpha value is -3.15. The van der Waals surface area contributed by atoms with Gasteiger partial charge in [0.25, 0.3) is 0 Å². The fourth-order valence-corrected chi connectivity index (χ4v) is 2.34. The van der Waals surface area contributed by atoms with Crippen LogP contribution in [0, 0.1) is 13.8 Å². The molecular formula is C20H22N2O4. The molecule has 6 heteroatoms. The van der Waals surface area contributed by atoms with Crippen LogP contribution in [0.2, 0.25) is 0 Å². The van der Waals surface area contributed by atoms with Gasteiger partial charge < -0.3 is 15.4 Å². The zero-order chi connectivity index (χ0) is 19.1. The summed E-state index contributed by atoms with van der Waals surface area (Å²) < 4.78 is 4.96. The number of hydrogen-bond donors (Lipinski definition) is 2. The van der Waals surface area contributed by atoms with Crippen LogP contribution in [-0.2, 0) is 14.3 Å². The van der Waals surface area contributed by atoms with E-state index in [0.717, 1.165) is 11.1 Å². The topological polar surface area (TPSA) is 84.5 Å². The van der Waals surface area contributed by atoms with Crippen LogP contribution >= 0.6 is 0 Å². The lowest BCUT2D eigenvalue weighted by Gasteiger charge is -2.11. The smallest absolute Gasteiger partial charge is 0.340 e. The molecule has 2 rings (SSSR count). The summed E-state index contributed by atoms with van der Waals surface area (Å²) in [6.07, 6.45) is -0.357. The number of nitrogens with one attached hydrogen (secondary N) is 2. The molecule has 0 spiro atoms. The summed E-state index contributed by atoms with van der Waals surface area (Å²) in [6.45, 7) is 5.87.